The summed E-state index contributed by atoms with van der Waals surface area (Å²) in [6.07, 6.45) is 2.99. The molecule has 0 aromatic heterocycles. The van der Waals surface area contributed by atoms with Crippen molar-refractivity contribution in [1.29, 1.82) is 0 Å². The summed E-state index contributed by atoms with van der Waals surface area (Å²) in [7, 11) is 0. The van der Waals surface area contributed by atoms with Gasteiger partial charge in [0.25, 0.3) is 0 Å². The van der Waals surface area contributed by atoms with Gasteiger partial charge in [-0.15, -0.1) is 0 Å². The minimum Gasteiger partial charge on any atom is -0.392 e. The van der Waals surface area contributed by atoms with Gasteiger partial charge in [0.2, 0.25) is 5.91 Å². The zero-order valence-corrected chi connectivity index (χ0v) is 9.74. The standard InChI is InChI=1S/C9H9NO2.C4H8O/c11-5-6-1-2-8-7(3-6)4-9(12)10-8;1-2-4-5-3-1/h1-3,11H,4-5H2,(H,10,12);1-4H2. The van der Waals surface area contributed by atoms with Gasteiger partial charge in [-0.05, 0) is 30.0 Å². The van der Waals surface area contributed by atoms with Crippen molar-refractivity contribution in [3.8, 4) is 0 Å². The smallest absolute Gasteiger partial charge is 0.228 e. The molecule has 1 fully saturated rings. The highest BCUT2D eigenvalue weighted by Gasteiger charge is 2.16. The number of rotatable bonds is 1. The van der Waals surface area contributed by atoms with Crippen LogP contribution in [0.2, 0.25) is 0 Å². The Balaban J connectivity index is 0.000000181. The van der Waals surface area contributed by atoms with Crippen LogP contribution in [0.3, 0.4) is 0 Å². The minimum absolute atomic E-state index is 0.0279. The predicted molar refractivity (Wildman–Crippen MR) is 64.8 cm³/mol. The molecule has 0 spiro atoms. The minimum atomic E-state index is 0.0279. The molecule has 0 unspecified atom stereocenters. The van der Waals surface area contributed by atoms with Crippen LogP contribution in [0.1, 0.15) is 24.0 Å². The van der Waals surface area contributed by atoms with Gasteiger partial charge in [-0.2, -0.15) is 0 Å². The Hall–Kier alpha value is -1.39. The van der Waals surface area contributed by atoms with Crippen LogP contribution < -0.4 is 5.32 Å². The highest BCUT2D eigenvalue weighted by Crippen LogP contribution is 2.23. The molecule has 4 nitrogen and oxygen atoms in total. The summed E-state index contributed by atoms with van der Waals surface area (Å²) < 4.78 is 4.94. The third-order valence-corrected chi connectivity index (χ3v) is 2.80. The van der Waals surface area contributed by atoms with Crippen LogP contribution in [-0.2, 0) is 22.6 Å². The van der Waals surface area contributed by atoms with Gasteiger partial charge in [0.15, 0.2) is 0 Å². The Bertz CT molecular complexity index is 392. The lowest BCUT2D eigenvalue weighted by molar-refractivity contribution is -0.115. The number of hydrogen-bond acceptors (Lipinski definition) is 3. The molecule has 92 valence electrons. The number of aliphatic hydroxyl groups excluding tert-OH is 1. The van der Waals surface area contributed by atoms with Crippen LogP contribution in [-0.4, -0.2) is 24.2 Å². The lowest BCUT2D eigenvalue weighted by Gasteiger charge is -1.99. The van der Waals surface area contributed by atoms with Crippen molar-refractivity contribution in [1.82, 2.24) is 0 Å². The molecule has 0 bridgehead atoms. The average Bonchev–Trinajstić information content (AvgIpc) is 2.99. The molecular formula is C13H17NO3. The Morgan fingerprint density at radius 2 is 2.06 bits per heavy atom. The van der Waals surface area contributed by atoms with E-state index in [-0.39, 0.29) is 12.5 Å². The first kappa shape index (κ1) is 12.1. The number of carbonyl (C=O) groups is 1. The van der Waals surface area contributed by atoms with E-state index >= 15 is 0 Å². The fourth-order valence-corrected chi connectivity index (χ4v) is 1.89. The SMILES string of the molecule is C1CCOC1.O=C1Cc2cc(CO)ccc2N1. The Morgan fingerprint density at radius 3 is 2.65 bits per heavy atom. The van der Waals surface area contributed by atoms with Gasteiger partial charge in [0.05, 0.1) is 13.0 Å². The second kappa shape index (κ2) is 5.80. The van der Waals surface area contributed by atoms with Crippen LogP contribution in [0.4, 0.5) is 5.69 Å². The fraction of sp³-hybridized carbons (Fsp3) is 0.462. The summed E-state index contributed by atoms with van der Waals surface area (Å²) >= 11 is 0. The summed E-state index contributed by atoms with van der Waals surface area (Å²) in [5.74, 6) is 0.0279. The largest absolute Gasteiger partial charge is 0.392 e. The molecule has 0 saturated carbocycles. The van der Waals surface area contributed by atoms with Gasteiger partial charge >= 0.3 is 0 Å². The molecule has 0 atom stereocenters. The molecule has 3 rings (SSSR count). The normalized spacial score (nSPS) is 17.1. The summed E-state index contributed by atoms with van der Waals surface area (Å²) in [6.45, 7) is 2.03. The molecule has 4 heteroatoms. The molecule has 17 heavy (non-hydrogen) atoms. The summed E-state index contributed by atoms with van der Waals surface area (Å²) in [6, 6.07) is 5.49. The van der Waals surface area contributed by atoms with E-state index in [4.69, 9.17) is 9.84 Å². The van der Waals surface area contributed by atoms with Crippen molar-refractivity contribution in [2.24, 2.45) is 0 Å². The Morgan fingerprint density at radius 1 is 1.29 bits per heavy atom. The third kappa shape index (κ3) is 3.28. The Kier molecular flexibility index (Phi) is 4.12. The third-order valence-electron chi connectivity index (χ3n) is 2.80. The highest BCUT2D eigenvalue weighted by atomic mass is 16.5. The number of ether oxygens (including phenoxy) is 1. The number of nitrogens with one attached hydrogen (secondary N) is 1. The van der Waals surface area contributed by atoms with Gasteiger partial charge in [-0.3, -0.25) is 4.79 Å². The lowest BCUT2D eigenvalue weighted by atomic mass is 10.1. The number of amides is 1. The average molecular weight is 235 g/mol. The molecule has 2 aliphatic rings. The number of anilines is 1. The first-order chi connectivity index (χ1) is 8.29. The number of aliphatic hydroxyl groups is 1. The number of hydrogen-bond donors (Lipinski definition) is 2. The monoisotopic (exact) mass is 235 g/mol. The van der Waals surface area contributed by atoms with Crippen molar-refractivity contribution in [3.63, 3.8) is 0 Å². The Labute approximate surface area is 101 Å². The first-order valence-electron chi connectivity index (χ1n) is 5.90. The molecule has 0 aliphatic carbocycles. The van der Waals surface area contributed by atoms with Crippen molar-refractivity contribution < 1.29 is 14.6 Å². The fourth-order valence-electron chi connectivity index (χ4n) is 1.89. The second-order valence-electron chi connectivity index (χ2n) is 4.19. The number of fused-ring (bicyclic) bond motifs is 1. The van der Waals surface area contributed by atoms with Gasteiger partial charge in [0.1, 0.15) is 0 Å². The molecule has 2 N–H and O–H groups in total. The van der Waals surface area contributed by atoms with E-state index in [0.29, 0.717) is 6.42 Å². The molecule has 1 aromatic carbocycles. The molecule has 1 aromatic rings. The van der Waals surface area contributed by atoms with Crippen molar-refractivity contribution >= 4 is 11.6 Å². The van der Waals surface area contributed by atoms with Crippen molar-refractivity contribution in [2.45, 2.75) is 25.9 Å². The maximum atomic E-state index is 10.9. The van der Waals surface area contributed by atoms with E-state index in [1.165, 1.54) is 12.8 Å². The van der Waals surface area contributed by atoms with Crippen LogP contribution in [0.5, 0.6) is 0 Å². The van der Waals surface area contributed by atoms with Gasteiger partial charge in [-0.1, -0.05) is 12.1 Å². The number of carbonyl (C=O) groups excluding carboxylic acids is 1. The number of benzene rings is 1. The molecule has 0 radical (unpaired) electrons. The molecular weight excluding hydrogens is 218 g/mol. The zero-order chi connectivity index (χ0) is 12.1. The van der Waals surface area contributed by atoms with Crippen molar-refractivity contribution in [2.75, 3.05) is 18.5 Å². The van der Waals surface area contributed by atoms with Gasteiger partial charge < -0.3 is 15.2 Å². The highest BCUT2D eigenvalue weighted by molar-refractivity contribution is 5.99. The quantitative estimate of drug-likeness (QED) is 0.775. The molecule has 2 heterocycles. The first-order valence-corrected chi connectivity index (χ1v) is 5.90. The summed E-state index contributed by atoms with van der Waals surface area (Å²) in [4.78, 5) is 10.9. The predicted octanol–water partition coefficient (Wildman–Crippen LogP) is 1.47. The molecule has 2 aliphatic heterocycles. The van der Waals surface area contributed by atoms with E-state index in [1.807, 2.05) is 18.2 Å². The second-order valence-corrected chi connectivity index (χ2v) is 4.19. The molecule has 1 amide bonds. The van der Waals surface area contributed by atoms with Gasteiger partial charge in [-0.25, -0.2) is 0 Å². The lowest BCUT2D eigenvalue weighted by Crippen LogP contribution is -2.03. The van der Waals surface area contributed by atoms with E-state index in [0.717, 1.165) is 30.0 Å². The zero-order valence-electron chi connectivity index (χ0n) is 9.74. The van der Waals surface area contributed by atoms with Gasteiger partial charge in [0, 0.05) is 18.9 Å². The van der Waals surface area contributed by atoms with Crippen LogP contribution in [0.15, 0.2) is 18.2 Å². The van der Waals surface area contributed by atoms with E-state index in [9.17, 15) is 4.79 Å². The summed E-state index contributed by atoms with van der Waals surface area (Å²) in [5.41, 5.74) is 2.70. The maximum Gasteiger partial charge on any atom is 0.228 e. The van der Waals surface area contributed by atoms with Crippen molar-refractivity contribution in [3.05, 3.63) is 29.3 Å². The van der Waals surface area contributed by atoms with E-state index < -0.39 is 0 Å². The van der Waals surface area contributed by atoms with Crippen LogP contribution >= 0.6 is 0 Å². The van der Waals surface area contributed by atoms with E-state index in [2.05, 4.69) is 5.32 Å². The van der Waals surface area contributed by atoms with E-state index in [1.54, 1.807) is 0 Å². The van der Waals surface area contributed by atoms with Crippen LogP contribution in [0, 0.1) is 0 Å². The molecule has 1 saturated heterocycles. The summed E-state index contributed by atoms with van der Waals surface area (Å²) in [5, 5.41) is 11.6. The maximum absolute atomic E-state index is 10.9. The topological polar surface area (TPSA) is 58.6 Å². The van der Waals surface area contributed by atoms with Crippen LogP contribution in [0.25, 0.3) is 0 Å².